The zero-order valence-corrected chi connectivity index (χ0v) is 14.8. The zero-order chi connectivity index (χ0) is 17.5. The van der Waals surface area contributed by atoms with Gasteiger partial charge in [-0.2, -0.15) is 0 Å². The molecule has 1 N–H and O–H groups in total. The summed E-state index contributed by atoms with van der Waals surface area (Å²) in [5, 5.41) is 12.3. The molecule has 0 saturated carbocycles. The van der Waals surface area contributed by atoms with E-state index in [1.807, 2.05) is 61.5 Å². The minimum atomic E-state index is -0.0651. The summed E-state index contributed by atoms with van der Waals surface area (Å²) in [7, 11) is 0. The quantitative estimate of drug-likeness (QED) is 0.692. The maximum absolute atomic E-state index is 12.1. The molecule has 3 rings (SSSR count). The number of aromatic nitrogens is 2. The molecule has 5 nitrogen and oxygen atoms in total. The highest BCUT2D eigenvalue weighted by Crippen LogP contribution is 2.26. The maximum Gasteiger partial charge on any atom is 0.226 e. The van der Waals surface area contributed by atoms with Gasteiger partial charge in [0.05, 0.1) is 6.61 Å². The molecule has 1 amide bonds. The molecule has 0 aliphatic rings. The molecule has 0 aliphatic carbocycles. The van der Waals surface area contributed by atoms with E-state index in [2.05, 4.69) is 15.5 Å². The standard InChI is InChI=1S/C19H19N3O2S/c1-2-24-16-11-8-14(9-12-16)10-13-17(23)20-19-22-21-18(25-19)15-6-4-3-5-7-15/h3-9,11-12H,2,10,13H2,1H3,(H,20,22,23). The van der Waals surface area contributed by atoms with Crippen LogP contribution >= 0.6 is 11.3 Å². The summed E-state index contributed by atoms with van der Waals surface area (Å²) in [6.45, 7) is 2.60. The van der Waals surface area contributed by atoms with Crippen LogP contribution in [-0.4, -0.2) is 22.7 Å². The van der Waals surface area contributed by atoms with Gasteiger partial charge in [0.15, 0.2) is 0 Å². The molecular weight excluding hydrogens is 334 g/mol. The van der Waals surface area contributed by atoms with Crippen LogP contribution in [0.25, 0.3) is 10.6 Å². The molecule has 0 bridgehead atoms. The van der Waals surface area contributed by atoms with Crippen molar-refractivity contribution in [2.75, 3.05) is 11.9 Å². The molecule has 1 aromatic heterocycles. The van der Waals surface area contributed by atoms with Crippen molar-refractivity contribution in [3.63, 3.8) is 0 Å². The lowest BCUT2D eigenvalue weighted by molar-refractivity contribution is -0.116. The van der Waals surface area contributed by atoms with Crippen molar-refractivity contribution in [1.82, 2.24) is 10.2 Å². The fourth-order valence-electron chi connectivity index (χ4n) is 2.33. The van der Waals surface area contributed by atoms with E-state index in [1.54, 1.807) is 0 Å². The number of hydrogen-bond donors (Lipinski definition) is 1. The van der Waals surface area contributed by atoms with Crippen molar-refractivity contribution in [2.24, 2.45) is 0 Å². The van der Waals surface area contributed by atoms with Gasteiger partial charge in [0, 0.05) is 12.0 Å². The van der Waals surface area contributed by atoms with E-state index in [4.69, 9.17) is 4.74 Å². The average Bonchev–Trinajstić information content (AvgIpc) is 3.11. The molecule has 0 fully saturated rings. The molecule has 0 radical (unpaired) electrons. The summed E-state index contributed by atoms with van der Waals surface area (Å²) in [5.41, 5.74) is 2.09. The second kappa shape index (κ2) is 8.39. The molecule has 2 aromatic carbocycles. The van der Waals surface area contributed by atoms with Crippen molar-refractivity contribution >= 4 is 22.4 Å². The van der Waals surface area contributed by atoms with Gasteiger partial charge >= 0.3 is 0 Å². The minimum Gasteiger partial charge on any atom is -0.494 e. The van der Waals surface area contributed by atoms with Gasteiger partial charge in [-0.15, -0.1) is 10.2 Å². The number of aryl methyl sites for hydroxylation is 1. The molecule has 0 atom stereocenters. The third-order valence-corrected chi connectivity index (χ3v) is 4.45. The lowest BCUT2D eigenvalue weighted by Gasteiger charge is -2.05. The summed E-state index contributed by atoms with van der Waals surface area (Å²) in [6, 6.07) is 17.6. The highest BCUT2D eigenvalue weighted by Gasteiger charge is 2.09. The Hall–Kier alpha value is -2.73. The predicted molar refractivity (Wildman–Crippen MR) is 99.9 cm³/mol. The first kappa shape index (κ1) is 17.1. The van der Waals surface area contributed by atoms with Crippen LogP contribution in [0.5, 0.6) is 5.75 Å². The SMILES string of the molecule is CCOc1ccc(CCC(=O)Nc2nnc(-c3ccccc3)s2)cc1. The van der Waals surface area contributed by atoms with Gasteiger partial charge in [-0.05, 0) is 31.0 Å². The number of carbonyl (C=O) groups excluding carboxylic acids is 1. The number of carbonyl (C=O) groups is 1. The van der Waals surface area contributed by atoms with Crippen molar-refractivity contribution in [3.8, 4) is 16.3 Å². The van der Waals surface area contributed by atoms with Crippen molar-refractivity contribution in [1.29, 1.82) is 0 Å². The number of ether oxygens (including phenoxy) is 1. The molecule has 0 aliphatic heterocycles. The van der Waals surface area contributed by atoms with Crippen LogP contribution in [0, 0.1) is 0 Å². The minimum absolute atomic E-state index is 0.0651. The summed E-state index contributed by atoms with van der Waals surface area (Å²) >= 11 is 1.37. The molecule has 128 valence electrons. The van der Waals surface area contributed by atoms with Gasteiger partial charge in [-0.1, -0.05) is 53.8 Å². The van der Waals surface area contributed by atoms with E-state index >= 15 is 0 Å². The van der Waals surface area contributed by atoms with Gasteiger partial charge in [0.2, 0.25) is 11.0 Å². The number of anilines is 1. The Morgan fingerprint density at radius 2 is 1.84 bits per heavy atom. The van der Waals surface area contributed by atoms with Crippen LogP contribution in [-0.2, 0) is 11.2 Å². The van der Waals surface area contributed by atoms with Gasteiger partial charge in [-0.25, -0.2) is 0 Å². The molecule has 25 heavy (non-hydrogen) atoms. The lowest BCUT2D eigenvalue weighted by Crippen LogP contribution is -2.12. The Morgan fingerprint density at radius 1 is 1.08 bits per heavy atom. The molecule has 3 aromatic rings. The third kappa shape index (κ3) is 4.87. The monoisotopic (exact) mass is 353 g/mol. The van der Waals surface area contributed by atoms with E-state index < -0.39 is 0 Å². The van der Waals surface area contributed by atoms with Crippen molar-refractivity contribution < 1.29 is 9.53 Å². The Balaban J connectivity index is 1.52. The number of nitrogens with one attached hydrogen (secondary N) is 1. The van der Waals surface area contributed by atoms with Crippen LogP contribution in [0.2, 0.25) is 0 Å². The van der Waals surface area contributed by atoms with Crippen LogP contribution in [0.15, 0.2) is 54.6 Å². The first-order valence-corrected chi connectivity index (χ1v) is 8.97. The Labute approximate surface area is 150 Å². The van der Waals surface area contributed by atoms with E-state index in [0.29, 0.717) is 24.6 Å². The van der Waals surface area contributed by atoms with E-state index in [0.717, 1.165) is 21.9 Å². The Morgan fingerprint density at radius 3 is 2.56 bits per heavy atom. The number of amides is 1. The fourth-order valence-corrected chi connectivity index (χ4v) is 3.10. The summed E-state index contributed by atoms with van der Waals surface area (Å²) in [4.78, 5) is 12.1. The lowest BCUT2D eigenvalue weighted by atomic mass is 10.1. The second-order valence-corrected chi connectivity index (χ2v) is 6.38. The van der Waals surface area contributed by atoms with E-state index in [-0.39, 0.29) is 5.91 Å². The molecular formula is C19H19N3O2S. The van der Waals surface area contributed by atoms with Crippen molar-refractivity contribution in [2.45, 2.75) is 19.8 Å². The topological polar surface area (TPSA) is 64.1 Å². The van der Waals surface area contributed by atoms with Gasteiger partial charge in [0.1, 0.15) is 10.8 Å². The zero-order valence-electron chi connectivity index (χ0n) is 13.9. The van der Waals surface area contributed by atoms with Gasteiger partial charge in [-0.3, -0.25) is 4.79 Å². The Kier molecular flexibility index (Phi) is 5.74. The van der Waals surface area contributed by atoms with Crippen LogP contribution in [0.1, 0.15) is 18.9 Å². The normalized spacial score (nSPS) is 10.4. The van der Waals surface area contributed by atoms with E-state index in [9.17, 15) is 4.79 Å². The molecule has 1 heterocycles. The van der Waals surface area contributed by atoms with Gasteiger partial charge < -0.3 is 10.1 Å². The number of hydrogen-bond acceptors (Lipinski definition) is 5. The predicted octanol–water partition coefficient (Wildman–Crippen LogP) is 4.18. The first-order valence-electron chi connectivity index (χ1n) is 8.15. The number of benzene rings is 2. The first-order chi connectivity index (χ1) is 12.2. The summed E-state index contributed by atoms with van der Waals surface area (Å²) in [6.07, 6.45) is 1.07. The Bertz CT molecular complexity index is 816. The fraction of sp³-hybridized carbons (Fsp3) is 0.211. The molecule has 0 unspecified atom stereocenters. The third-order valence-electron chi connectivity index (χ3n) is 3.57. The van der Waals surface area contributed by atoms with Crippen LogP contribution in [0.4, 0.5) is 5.13 Å². The van der Waals surface area contributed by atoms with Crippen LogP contribution in [0.3, 0.4) is 0 Å². The summed E-state index contributed by atoms with van der Waals surface area (Å²) < 4.78 is 5.41. The van der Waals surface area contributed by atoms with Crippen molar-refractivity contribution in [3.05, 3.63) is 60.2 Å². The number of nitrogens with zero attached hydrogens (tertiary/aromatic N) is 2. The number of rotatable bonds is 7. The largest absolute Gasteiger partial charge is 0.494 e. The molecule has 0 spiro atoms. The van der Waals surface area contributed by atoms with E-state index in [1.165, 1.54) is 11.3 Å². The maximum atomic E-state index is 12.1. The summed E-state index contributed by atoms with van der Waals surface area (Å²) in [5.74, 6) is 0.780. The average molecular weight is 353 g/mol. The highest BCUT2D eigenvalue weighted by molar-refractivity contribution is 7.18. The van der Waals surface area contributed by atoms with Gasteiger partial charge in [0.25, 0.3) is 0 Å². The highest BCUT2D eigenvalue weighted by atomic mass is 32.1. The molecule has 0 saturated heterocycles. The van der Waals surface area contributed by atoms with Crippen LogP contribution < -0.4 is 10.1 Å². The second-order valence-electron chi connectivity index (χ2n) is 5.40. The smallest absolute Gasteiger partial charge is 0.226 e. The molecule has 6 heteroatoms.